The van der Waals surface area contributed by atoms with Gasteiger partial charge in [0.2, 0.25) is 0 Å². The first kappa shape index (κ1) is 15.6. The summed E-state index contributed by atoms with van der Waals surface area (Å²) in [5.41, 5.74) is 3.09. The van der Waals surface area contributed by atoms with Crippen LogP contribution in [0.25, 0.3) is 0 Å². The molecule has 2 aromatic carbocycles. The smallest absolute Gasteiger partial charge is 0.309 e. The number of ether oxygens (including phenoxy) is 2. The van der Waals surface area contributed by atoms with Crippen molar-refractivity contribution in [2.45, 2.75) is 18.4 Å². The van der Waals surface area contributed by atoms with E-state index >= 15 is 0 Å². The highest BCUT2D eigenvalue weighted by Gasteiger charge is 2.09. The van der Waals surface area contributed by atoms with Crippen molar-refractivity contribution in [1.82, 2.24) is 0 Å². The summed E-state index contributed by atoms with van der Waals surface area (Å²) in [5.74, 6) is 0.500. The van der Waals surface area contributed by atoms with Gasteiger partial charge in [0.1, 0.15) is 12.4 Å². The third-order valence-electron chi connectivity index (χ3n) is 3.13. The van der Waals surface area contributed by atoms with E-state index < -0.39 is 0 Å². The van der Waals surface area contributed by atoms with E-state index in [1.807, 2.05) is 48.5 Å². The number of hydrogen-bond donors (Lipinski definition) is 0. The maximum Gasteiger partial charge on any atom is 0.309 e. The van der Waals surface area contributed by atoms with Gasteiger partial charge in [-0.25, -0.2) is 0 Å². The molecule has 0 saturated carbocycles. The van der Waals surface area contributed by atoms with Gasteiger partial charge in [-0.2, -0.15) is 0 Å². The first-order valence-corrected chi connectivity index (χ1v) is 7.76. The second-order valence-electron chi connectivity index (χ2n) is 4.59. The van der Waals surface area contributed by atoms with E-state index in [9.17, 15) is 4.79 Å². The average Bonchev–Trinajstić information content (AvgIpc) is 2.54. The number of methoxy groups -OCH3 is 1. The van der Waals surface area contributed by atoms with Gasteiger partial charge in [-0.1, -0.05) is 52.3 Å². The van der Waals surface area contributed by atoms with Crippen LogP contribution in [0.1, 0.15) is 16.7 Å². The Hall–Kier alpha value is -1.81. The molecule has 0 unspecified atom stereocenters. The van der Waals surface area contributed by atoms with Crippen LogP contribution in [-0.4, -0.2) is 13.1 Å². The van der Waals surface area contributed by atoms with Gasteiger partial charge in [-0.15, -0.1) is 0 Å². The zero-order chi connectivity index (χ0) is 15.1. The van der Waals surface area contributed by atoms with Crippen molar-refractivity contribution < 1.29 is 14.3 Å². The van der Waals surface area contributed by atoms with Crippen LogP contribution in [0.15, 0.2) is 48.5 Å². The molecule has 0 aromatic heterocycles. The maximum absolute atomic E-state index is 11.5. The second kappa shape index (κ2) is 7.84. The van der Waals surface area contributed by atoms with Crippen LogP contribution >= 0.6 is 15.9 Å². The molecule has 110 valence electrons. The highest BCUT2D eigenvalue weighted by molar-refractivity contribution is 9.08. The van der Waals surface area contributed by atoms with Gasteiger partial charge in [-0.3, -0.25) is 4.79 Å². The van der Waals surface area contributed by atoms with Crippen LogP contribution in [0, 0.1) is 0 Å². The molecule has 0 spiro atoms. The molecule has 2 rings (SSSR count). The summed E-state index contributed by atoms with van der Waals surface area (Å²) < 4.78 is 10.5. The molecular formula is C17H17BrO3. The van der Waals surface area contributed by atoms with Gasteiger partial charge in [0.25, 0.3) is 0 Å². The molecule has 21 heavy (non-hydrogen) atoms. The fraction of sp³-hybridized carbons (Fsp3) is 0.235. The van der Waals surface area contributed by atoms with E-state index in [-0.39, 0.29) is 12.4 Å². The predicted octanol–water partition coefficient (Wildman–Crippen LogP) is 3.88. The molecule has 0 fully saturated rings. The van der Waals surface area contributed by atoms with Crippen molar-refractivity contribution in [2.24, 2.45) is 0 Å². The van der Waals surface area contributed by atoms with E-state index in [1.165, 1.54) is 7.11 Å². The summed E-state index contributed by atoms with van der Waals surface area (Å²) in [6.45, 7) is 0.506. The van der Waals surface area contributed by atoms with Crippen molar-refractivity contribution in [3.63, 3.8) is 0 Å². The topological polar surface area (TPSA) is 35.5 Å². The third kappa shape index (κ3) is 4.60. The molecule has 0 bridgehead atoms. The summed E-state index contributed by atoms with van der Waals surface area (Å²) >= 11 is 3.43. The van der Waals surface area contributed by atoms with Crippen molar-refractivity contribution in [3.05, 3.63) is 65.2 Å². The molecule has 0 heterocycles. The number of benzene rings is 2. The molecule has 0 amide bonds. The lowest BCUT2D eigenvalue weighted by Crippen LogP contribution is -2.07. The first-order chi connectivity index (χ1) is 10.2. The summed E-state index contributed by atoms with van der Waals surface area (Å²) in [6, 6.07) is 15.8. The van der Waals surface area contributed by atoms with Gasteiger partial charge < -0.3 is 9.47 Å². The van der Waals surface area contributed by atoms with E-state index in [4.69, 9.17) is 9.47 Å². The van der Waals surface area contributed by atoms with Gasteiger partial charge in [0.05, 0.1) is 13.5 Å². The molecule has 0 aliphatic heterocycles. The Morgan fingerprint density at radius 1 is 1.10 bits per heavy atom. The third-order valence-corrected chi connectivity index (χ3v) is 3.74. The Kier molecular flexibility index (Phi) is 5.81. The first-order valence-electron chi connectivity index (χ1n) is 6.64. The molecule has 4 heteroatoms. The number of carbonyl (C=O) groups is 1. The minimum atomic E-state index is -0.252. The SMILES string of the molecule is COC(=O)Cc1cc(OCc2ccccc2)ccc1CBr. The Labute approximate surface area is 133 Å². The fourth-order valence-electron chi connectivity index (χ4n) is 1.96. The highest BCUT2D eigenvalue weighted by Crippen LogP contribution is 2.22. The lowest BCUT2D eigenvalue weighted by Gasteiger charge is -2.11. The lowest BCUT2D eigenvalue weighted by atomic mass is 10.1. The molecule has 0 radical (unpaired) electrons. The van der Waals surface area contributed by atoms with Crippen LogP contribution in [-0.2, 0) is 27.9 Å². The molecule has 2 aromatic rings. The molecule has 0 N–H and O–H groups in total. The predicted molar refractivity (Wildman–Crippen MR) is 85.6 cm³/mol. The molecule has 0 saturated heterocycles. The summed E-state index contributed by atoms with van der Waals surface area (Å²) in [4.78, 5) is 11.5. The van der Waals surface area contributed by atoms with Gasteiger partial charge in [-0.05, 0) is 28.8 Å². The number of esters is 1. The van der Waals surface area contributed by atoms with Gasteiger partial charge in [0.15, 0.2) is 0 Å². The van der Waals surface area contributed by atoms with Crippen molar-refractivity contribution >= 4 is 21.9 Å². The maximum atomic E-state index is 11.5. The molecule has 0 aliphatic rings. The van der Waals surface area contributed by atoms with Gasteiger partial charge in [0, 0.05) is 5.33 Å². The summed E-state index contributed by atoms with van der Waals surface area (Å²) in [5, 5.41) is 0.693. The number of halogens is 1. The Morgan fingerprint density at radius 3 is 2.52 bits per heavy atom. The molecule has 0 atom stereocenters. The number of rotatable bonds is 6. The minimum absolute atomic E-state index is 0.250. The van der Waals surface area contributed by atoms with E-state index in [0.717, 1.165) is 22.4 Å². The minimum Gasteiger partial charge on any atom is -0.489 e. The zero-order valence-electron chi connectivity index (χ0n) is 11.8. The highest BCUT2D eigenvalue weighted by atomic mass is 79.9. The fourth-order valence-corrected chi connectivity index (χ4v) is 2.50. The number of alkyl halides is 1. The number of hydrogen-bond acceptors (Lipinski definition) is 3. The van der Waals surface area contributed by atoms with Crippen molar-refractivity contribution in [2.75, 3.05) is 7.11 Å². The molecule has 0 aliphatic carbocycles. The Morgan fingerprint density at radius 2 is 1.86 bits per heavy atom. The summed E-state index contributed by atoms with van der Waals surface area (Å²) in [7, 11) is 1.39. The van der Waals surface area contributed by atoms with Crippen LogP contribution in [0.4, 0.5) is 0 Å². The van der Waals surface area contributed by atoms with Crippen LogP contribution in [0.3, 0.4) is 0 Å². The Bertz CT molecular complexity index is 596. The second-order valence-corrected chi connectivity index (χ2v) is 5.15. The van der Waals surface area contributed by atoms with Crippen LogP contribution < -0.4 is 4.74 Å². The standard InChI is InChI=1S/C17H17BrO3/c1-20-17(19)10-15-9-16(8-7-14(15)11-18)21-12-13-5-3-2-4-6-13/h2-9H,10-12H2,1H3. The monoisotopic (exact) mass is 348 g/mol. The quantitative estimate of drug-likeness (QED) is 0.587. The van der Waals surface area contributed by atoms with E-state index in [0.29, 0.717) is 11.9 Å². The van der Waals surface area contributed by atoms with Gasteiger partial charge >= 0.3 is 5.97 Å². The van der Waals surface area contributed by atoms with Crippen molar-refractivity contribution in [1.29, 1.82) is 0 Å². The largest absolute Gasteiger partial charge is 0.489 e. The van der Waals surface area contributed by atoms with Crippen LogP contribution in [0.5, 0.6) is 5.75 Å². The normalized spacial score (nSPS) is 10.2. The van der Waals surface area contributed by atoms with E-state index in [2.05, 4.69) is 15.9 Å². The van der Waals surface area contributed by atoms with Crippen LogP contribution in [0.2, 0.25) is 0 Å². The zero-order valence-corrected chi connectivity index (χ0v) is 13.4. The Balaban J connectivity index is 2.09. The molecule has 3 nitrogen and oxygen atoms in total. The summed E-state index contributed by atoms with van der Waals surface area (Å²) in [6.07, 6.45) is 0.250. The number of carbonyl (C=O) groups excluding carboxylic acids is 1. The van der Waals surface area contributed by atoms with Crippen molar-refractivity contribution in [3.8, 4) is 5.75 Å². The van der Waals surface area contributed by atoms with E-state index in [1.54, 1.807) is 0 Å². The lowest BCUT2D eigenvalue weighted by molar-refractivity contribution is -0.139. The molecular weight excluding hydrogens is 332 g/mol. The average molecular weight is 349 g/mol.